The van der Waals surface area contributed by atoms with E-state index >= 15 is 0 Å². The molecule has 4 aliphatic rings. The summed E-state index contributed by atoms with van der Waals surface area (Å²) in [5.41, 5.74) is 11.8. The minimum absolute atomic E-state index is 0.00703. The largest absolute Gasteiger partial charge is 0.465 e. The molecule has 0 aromatic rings. The Labute approximate surface area is 166 Å². The van der Waals surface area contributed by atoms with Crippen molar-refractivity contribution in [1.29, 1.82) is 5.26 Å². The van der Waals surface area contributed by atoms with E-state index in [1.165, 1.54) is 6.42 Å². The molecule has 0 aromatic carbocycles. The zero-order valence-electron chi connectivity index (χ0n) is 16.5. The third-order valence-corrected chi connectivity index (χ3v) is 7.73. The Morgan fingerprint density at radius 3 is 2.86 bits per heavy atom. The summed E-state index contributed by atoms with van der Waals surface area (Å²) in [6.07, 6.45) is 8.98. The maximum atomic E-state index is 13.4. The first kappa shape index (κ1) is 19.7. The van der Waals surface area contributed by atoms with Crippen LogP contribution >= 0.6 is 0 Å². The monoisotopic (exact) mass is 388 g/mol. The fourth-order valence-electron chi connectivity index (χ4n) is 6.38. The molecule has 7 atom stereocenters. The van der Waals surface area contributed by atoms with Gasteiger partial charge in [-0.25, -0.2) is 0 Å². The molecule has 3 aliphatic carbocycles. The van der Waals surface area contributed by atoms with Crippen LogP contribution in [0.4, 0.5) is 0 Å². The number of ether oxygens (including phenoxy) is 1. The molecule has 1 saturated heterocycles. The number of esters is 1. The van der Waals surface area contributed by atoms with Gasteiger partial charge in [-0.3, -0.25) is 9.59 Å². The van der Waals surface area contributed by atoms with Gasteiger partial charge in [0.05, 0.1) is 25.3 Å². The van der Waals surface area contributed by atoms with Gasteiger partial charge in [-0.15, -0.1) is 0 Å². The normalized spacial score (nSPS) is 39.6. The van der Waals surface area contributed by atoms with E-state index in [1.807, 2.05) is 4.90 Å². The minimum atomic E-state index is -0.528. The SMILES string of the molecule is N#CC1CC2CC2N1C(=O)C(N)C12CCCC(CC(CCOC(=O)CN)C1)C2. The van der Waals surface area contributed by atoms with Gasteiger partial charge >= 0.3 is 5.97 Å². The Hall–Kier alpha value is -1.65. The molecule has 0 spiro atoms. The molecule has 4 fully saturated rings. The second-order valence-electron chi connectivity index (χ2n) is 9.51. The average Bonchev–Trinajstić information content (AvgIpc) is 3.36. The van der Waals surface area contributed by atoms with Crippen molar-refractivity contribution in [2.45, 2.75) is 75.9 Å². The van der Waals surface area contributed by atoms with Gasteiger partial charge in [0.25, 0.3) is 0 Å². The van der Waals surface area contributed by atoms with Gasteiger partial charge in [0.15, 0.2) is 0 Å². The first-order valence-electron chi connectivity index (χ1n) is 10.8. The molecule has 0 aromatic heterocycles. The van der Waals surface area contributed by atoms with Crippen molar-refractivity contribution in [1.82, 2.24) is 4.90 Å². The molecule has 154 valence electrons. The van der Waals surface area contributed by atoms with E-state index in [4.69, 9.17) is 16.2 Å². The second-order valence-corrected chi connectivity index (χ2v) is 9.51. The maximum absolute atomic E-state index is 13.4. The number of fused-ring (bicyclic) bond motifs is 3. The highest BCUT2D eigenvalue weighted by atomic mass is 16.5. The van der Waals surface area contributed by atoms with E-state index in [9.17, 15) is 14.9 Å². The summed E-state index contributed by atoms with van der Waals surface area (Å²) >= 11 is 0. The average molecular weight is 389 g/mol. The number of carbonyl (C=O) groups is 2. The lowest BCUT2D eigenvalue weighted by molar-refractivity contribution is -0.142. The minimum Gasteiger partial charge on any atom is -0.465 e. The van der Waals surface area contributed by atoms with Crippen LogP contribution in [0.25, 0.3) is 0 Å². The Kier molecular flexibility index (Phi) is 5.36. The molecule has 0 radical (unpaired) electrons. The Bertz CT molecular complexity index is 677. The third kappa shape index (κ3) is 3.53. The molecule has 2 bridgehead atoms. The fourth-order valence-corrected chi connectivity index (χ4v) is 6.38. The number of hydrogen-bond acceptors (Lipinski definition) is 6. The lowest BCUT2D eigenvalue weighted by atomic mass is 9.55. The maximum Gasteiger partial charge on any atom is 0.319 e. The molecule has 1 amide bonds. The van der Waals surface area contributed by atoms with Crippen molar-refractivity contribution in [2.75, 3.05) is 13.2 Å². The summed E-state index contributed by atoms with van der Waals surface area (Å²) in [6, 6.07) is 1.73. The summed E-state index contributed by atoms with van der Waals surface area (Å²) in [4.78, 5) is 26.5. The predicted octanol–water partition coefficient (Wildman–Crippen LogP) is 1.31. The molecule has 7 unspecified atom stereocenters. The first-order valence-corrected chi connectivity index (χ1v) is 10.8. The summed E-state index contributed by atoms with van der Waals surface area (Å²) in [6.45, 7) is 0.299. The summed E-state index contributed by atoms with van der Waals surface area (Å²) in [5, 5.41) is 9.46. The van der Waals surface area contributed by atoms with Crippen molar-refractivity contribution in [3.63, 3.8) is 0 Å². The number of nitrogens with zero attached hydrogens (tertiary/aromatic N) is 2. The number of hydrogen-bond donors (Lipinski definition) is 2. The lowest BCUT2D eigenvalue weighted by Crippen LogP contribution is -2.58. The van der Waals surface area contributed by atoms with Crippen LogP contribution in [0.3, 0.4) is 0 Å². The van der Waals surface area contributed by atoms with Crippen LogP contribution in [0.2, 0.25) is 0 Å². The zero-order chi connectivity index (χ0) is 19.9. The van der Waals surface area contributed by atoms with Crippen LogP contribution in [0.5, 0.6) is 0 Å². The van der Waals surface area contributed by atoms with Crippen LogP contribution in [-0.4, -0.2) is 48.1 Å². The highest BCUT2D eigenvalue weighted by molar-refractivity contribution is 5.84. The first-order chi connectivity index (χ1) is 13.5. The molecular weight excluding hydrogens is 356 g/mol. The standard InChI is InChI=1S/C21H32N4O3/c22-11-16-7-15-8-17(15)25(16)20(27)19(24)21-4-1-2-13(9-21)6-14(10-21)3-5-28-18(26)12-23/h13-17,19H,1-10,12,23-24H2. The van der Waals surface area contributed by atoms with Gasteiger partial charge in [-0.05, 0) is 68.1 Å². The van der Waals surface area contributed by atoms with E-state index in [2.05, 4.69) is 6.07 Å². The molecule has 4 rings (SSSR count). The van der Waals surface area contributed by atoms with Gasteiger partial charge in [0.1, 0.15) is 6.04 Å². The van der Waals surface area contributed by atoms with Crippen molar-refractivity contribution >= 4 is 11.9 Å². The van der Waals surface area contributed by atoms with Crippen LogP contribution in [0, 0.1) is 34.5 Å². The Morgan fingerprint density at radius 1 is 1.29 bits per heavy atom. The smallest absolute Gasteiger partial charge is 0.319 e. The summed E-state index contributed by atoms with van der Waals surface area (Å²) in [5.74, 6) is 1.15. The van der Waals surface area contributed by atoms with Crippen LogP contribution < -0.4 is 11.5 Å². The number of nitriles is 1. The van der Waals surface area contributed by atoms with Crippen molar-refractivity contribution < 1.29 is 14.3 Å². The molecule has 7 nitrogen and oxygen atoms in total. The number of amides is 1. The quantitative estimate of drug-likeness (QED) is 0.661. The van der Waals surface area contributed by atoms with Gasteiger partial charge in [0, 0.05) is 6.04 Å². The molecule has 4 N–H and O–H groups in total. The molecule has 7 heteroatoms. The highest BCUT2D eigenvalue weighted by Crippen LogP contribution is 2.55. The number of nitrogens with two attached hydrogens (primary N) is 2. The summed E-state index contributed by atoms with van der Waals surface area (Å²) < 4.78 is 5.18. The number of piperidine rings is 1. The van der Waals surface area contributed by atoms with Crippen molar-refractivity contribution in [2.24, 2.45) is 34.6 Å². The summed E-state index contributed by atoms with van der Waals surface area (Å²) in [7, 11) is 0. The van der Waals surface area contributed by atoms with Crippen molar-refractivity contribution in [3.8, 4) is 6.07 Å². The van der Waals surface area contributed by atoms with Crippen LogP contribution in [-0.2, 0) is 14.3 Å². The Morgan fingerprint density at radius 2 is 2.11 bits per heavy atom. The van der Waals surface area contributed by atoms with Crippen LogP contribution in [0.1, 0.15) is 57.8 Å². The van der Waals surface area contributed by atoms with Gasteiger partial charge in [0.2, 0.25) is 5.91 Å². The van der Waals surface area contributed by atoms with E-state index in [-0.39, 0.29) is 35.9 Å². The van der Waals surface area contributed by atoms with E-state index in [0.29, 0.717) is 24.4 Å². The zero-order valence-corrected chi connectivity index (χ0v) is 16.5. The van der Waals surface area contributed by atoms with E-state index in [0.717, 1.165) is 51.4 Å². The number of rotatable bonds is 6. The fraction of sp³-hybridized carbons (Fsp3) is 0.857. The number of likely N-dealkylation sites (tertiary alicyclic amines) is 1. The van der Waals surface area contributed by atoms with Gasteiger partial charge in [-0.1, -0.05) is 12.8 Å². The third-order valence-electron chi connectivity index (χ3n) is 7.73. The predicted molar refractivity (Wildman–Crippen MR) is 102 cm³/mol. The van der Waals surface area contributed by atoms with E-state index in [1.54, 1.807) is 0 Å². The topological polar surface area (TPSA) is 122 Å². The highest BCUT2D eigenvalue weighted by Gasteiger charge is 2.57. The lowest BCUT2D eigenvalue weighted by Gasteiger charge is -2.51. The molecule has 1 heterocycles. The molecule has 28 heavy (non-hydrogen) atoms. The van der Waals surface area contributed by atoms with Gasteiger partial charge in [-0.2, -0.15) is 5.26 Å². The number of carbonyl (C=O) groups excluding carboxylic acids is 2. The molecular formula is C21H32N4O3. The molecule has 3 saturated carbocycles. The van der Waals surface area contributed by atoms with E-state index < -0.39 is 6.04 Å². The second kappa shape index (κ2) is 7.64. The Balaban J connectivity index is 1.44. The van der Waals surface area contributed by atoms with Crippen molar-refractivity contribution in [3.05, 3.63) is 0 Å². The molecule has 1 aliphatic heterocycles. The van der Waals surface area contributed by atoms with Crippen LogP contribution in [0.15, 0.2) is 0 Å². The van der Waals surface area contributed by atoms with Gasteiger partial charge < -0.3 is 21.1 Å².